The Morgan fingerprint density at radius 2 is 1.08 bits per heavy atom. The van der Waals surface area contributed by atoms with Crippen LogP contribution in [-0.4, -0.2) is 34.5 Å². The summed E-state index contributed by atoms with van der Waals surface area (Å²) in [5.41, 5.74) is 5.88. The minimum Gasteiger partial charge on any atom is -0.503 e. The second kappa shape index (κ2) is 14.7. The van der Waals surface area contributed by atoms with Crippen LogP contribution in [0.25, 0.3) is 61.3 Å². The maximum Gasteiger partial charge on any atom is 2.00 e. The van der Waals surface area contributed by atoms with E-state index in [2.05, 4.69) is 49.2 Å². The van der Waals surface area contributed by atoms with Crippen LogP contribution in [-0.2, 0) is 41.5 Å². The van der Waals surface area contributed by atoms with Crippen molar-refractivity contribution >= 4 is 32.8 Å². The average molecular weight is 933 g/mol. The Kier molecular flexibility index (Phi) is 9.74. The molecule has 51 heavy (non-hydrogen) atoms. The van der Waals surface area contributed by atoms with Gasteiger partial charge in [-0.3, -0.25) is 0 Å². The van der Waals surface area contributed by atoms with Gasteiger partial charge in [-0.15, -0.1) is 71.8 Å². The molecule has 248 valence electrons. The molecule has 9 nitrogen and oxygen atoms in total. The molecule has 0 N–H and O–H groups in total. The van der Waals surface area contributed by atoms with Crippen LogP contribution in [0, 0.1) is 24.3 Å². The van der Waals surface area contributed by atoms with Crippen LogP contribution in [0.15, 0.2) is 128 Å². The Morgan fingerprint density at radius 1 is 0.510 bits per heavy atom. The fourth-order valence-corrected chi connectivity index (χ4v) is 5.62. The van der Waals surface area contributed by atoms with Gasteiger partial charge in [0.25, 0.3) is 0 Å². The van der Waals surface area contributed by atoms with Gasteiger partial charge < -0.3 is 24.0 Å². The maximum absolute atomic E-state index is 6.30. The van der Waals surface area contributed by atoms with Crippen LogP contribution in [0.2, 0.25) is 0 Å². The zero-order chi connectivity index (χ0) is 32.6. The number of aromatic nitrogens is 7. The third-order valence-corrected chi connectivity index (χ3v) is 7.84. The summed E-state index contributed by atoms with van der Waals surface area (Å²) in [6.45, 7) is 0. The van der Waals surface area contributed by atoms with Crippen molar-refractivity contribution in [3.8, 4) is 51.5 Å². The van der Waals surface area contributed by atoms with Gasteiger partial charge in [-0.2, -0.15) is 22.9 Å². The van der Waals surface area contributed by atoms with Crippen LogP contribution in [0.1, 0.15) is 0 Å². The summed E-state index contributed by atoms with van der Waals surface area (Å²) in [6.07, 6.45) is 8.31. The van der Waals surface area contributed by atoms with Crippen molar-refractivity contribution in [2.24, 2.45) is 0 Å². The summed E-state index contributed by atoms with van der Waals surface area (Å²) in [5, 5.41) is 1.82. The first-order chi connectivity index (χ1) is 24.2. The first-order valence-electron chi connectivity index (χ1n) is 15.3. The smallest absolute Gasteiger partial charge is 0.503 e. The van der Waals surface area contributed by atoms with Crippen molar-refractivity contribution in [2.75, 3.05) is 0 Å². The van der Waals surface area contributed by atoms with E-state index in [-0.39, 0.29) is 41.5 Å². The summed E-state index contributed by atoms with van der Waals surface area (Å²) < 4.78 is 14.5. The van der Waals surface area contributed by atoms with Crippen molar-refractivity contribution in [1.82, 2.24) is 34.5 Å². The molecule has 0 amide bonds. The van der Waals surface area contributed by atoms with E-state index in [1.54, 1.807) is 24.8 Å². The van der Waals surface area contributed by atoms with Gasteiger partial charge in [0, 0.05) is 35.4 Å². The number of fused-ring (bicyclic) bond motifs is 4. The van der Waals surface area contributed by atoms with Crippen LogP contribution >= 0.6 is 0 Å². The molecule has 11 heteroatoms. The molecule has 4 aromatic carbocycles. The largest absolute Gasteiger partial charge is 2.00 e. The zero-order valence-electron chi connectivity index (χ0n) is 26.2. The third-order valence-electron chi connectivity index (χ3n) is 7.84. The molecule has 0 radical (unpaired) electrons. The van der Waals surface area contributed by atoms with Crippen LogP contribution in [0.4, 0.5) is 0 Å². The molecule has 9 aromatic rings. The molecule has 0 saturated heterocycles. The molecule has 5 heterocycles. The van der Waals surface area contributed by atoms with Gasteiger partial charge in [-0.25, -0.2) is 19.9 Å². The topological polar surface area (TPSA) is 101 Å². The molecule has 0 saturated carbocycles. The number of ether oxygens (including phenoxy) is 2. The van der Waals surface area contributed by atoms with Crippen molar-refractivity contribution in [3.05, 3.63) is 152 Å². The van der Waals surface area contributed by atoms with Crippen LogP contribution < -0.4 is 9.47 Å². The maximum atomic E-state index is 6.30. The van der Waals surface area contributed by atoms with E-state index >= 15 is 0 Å². The minimum absolute atomic E-state index is 0. The van der Waals surface area contributed by atoms with E-state index in [1.165, 1.54) is 6.33 Å². The Bertz CT molecular complexity index is 2500. The Balaban J connectivity index is 0.00000203. The number of benzene rings is 4. The van der Waals surface area contributed by atoms with E-state index in [0.717, 1.165) is 33.3 Å². The molecule has 5 aromatic heterocycles. The summed E-state index contributed by atoms with van der Waals surface area (Å²) >= 11 is 0. The average Bonchev–Trinajstić information content (AvgIpc) is 3.48. The first kappa shape index (κ1) is 33.8. The van der Waals surface area contributed by atoms with E-state index in [0.29, 0.717) is 51.0 Å². The van der Waals surface area contributed by atoms with Gasteiger partial charge in [-0.05, 0) is 23.5 Å². The second-order valence-corrected chi connectivity index (χ2v) is 11.0. The van der Waals surface area contributed by atoms with E-state index < -0.39 is 0 Å². The van der Waals surface area contributed by atoms with E-state index in [9.17, 15) is 0 Å². The molecule has 0 unspecified atom stereocenters. The normalized spacial score (nSPS) is 10.8. The van der Waals surface area contributed by atoms with Gasteiger partial charge in [-0.1, -0.05) is 47.4 Å². The van der Waals surface area contributed by atoms with Crippen LogP contribution in [0.3, 0.4) is 0 Å². The van der Waals surface area contributed by atoms with E-state index in [1.807, 2.05) is 102 Å². The number of rotatable bonds is 7. The Labute approximate surface area is 320 Å². The monoisotopic (exact) mass is 932 g/mol. The minimum atomic E-state index is 0. The van der Waals surface area contributed by atoms with Crippen molar-refractivity contribution in [1.29, 1.82) is 0 Å². The van der Waals surface area contributed by atoms with Gasteiger partial charge >= 0.3 is 41.5 Å². The molecular weight excluding hydrogens is 912 g/mol. The number of nitrogens with zero attached hydrogens (tertiary/aromatic N) is 7. The Hall–Kier alpha value is -5.65. The molecule has 0 atom stereocenters. The van der Waals surface area contributed by atoms with Gasteiger partial charge in [0.2, 0.25) is 5.95 Å². The fraction of sp³-hybridized carbons (Fsp3) is 0. The first-order valence-corrected chi connectivity index (χ1v) is 15.3. The predicted octanol–water partition coefficient (Wildman–Crippen LogP) is 8.42. The molecule has 0 fully saturated rings. The molecule has 0 aliphatic heterocycles. The third kappa shape index (κ3) is 6.78. The van der Waals surface area contributed by atoms with Crippen molar-refractivity contribution in [2.45, 2.75) is 0 Å². The van der Waals surface area contributed by atoms with Crippen LogP contribution in [0.5, 0.6) is 23.0 Å². The quantitative estimate of drug-likeness (QED) is 0.116. The van der Waals surface area contributed by atoms with Gasteiger partial charge in [0.1, 0.15) is 17.4 Å². The molecule has 9 rings (SSSR count). The molecule has 0 aliphatic carbocycles. The van der Waals surface area contributed by atoms with E-state index in [4.69, 9.17) is 14.5 Å². The molecular formula is C40H21N7O2PdPt. The molecule has 0 aliphatic rings. The van der Waals surface area contributed by atoms with Gasteiger partial charge in [0.15, 0.2) is 0 Å². The zero-order valence-corrected chi connectivity index (χ0v) is 30.0. The van der Waals surface area contributed by atoms with Crippen molar-refractivity contribution < 1.29 is 51.0 Å². The fourth-order valence-electron chi connectivity index (χ4n) is 5.62. The summed E-state index contributed by atoms with van der Waals surface area (Å²) in [6, 6.07) is 44.2. The SMILES string of the molecule is [Pd+2].[Pt+2].[c-]1c(Oc2[c-]c3c(cc2)c2ccc(Oc4[c-]c(-c5ccccn5)ccc4)[c-]c2n3-c2ncc3ncncc3n2)cccc1-c1ccccn1. The predicted molar refractivity (Wildman–Crippen MR) is 184 cm³/mol. The second-order valence-electron chi connectivity index (χ2n) is 11.0. The van der Waals surface area contributed by atoms with Crippen molar-refractivity contribution in [3.63, 3.8) is 0 Å². The number of pyridine rings is 2. The van der Waals surface area contributed by atoms with Gasteiger partial charge in [0.05, 0.1) is 12.4 Å². The molecule has 0 bridgehead atoms. The summed E-state index contributed by atoms with van der Waals surface area (Å²) in [5.74, 6) is 2.45. The molecule has 0 spiro atoms. The Morgan fingerprint density at radius 3 is 1.63 bits per heavy atom. The standard InChI is InChI=1S/C40H21N7O2.Pd.Pt/c1-3-17-42-34(11-1)26-7-5-9-28(19-26)48-30-13-15-32-33-16-14-31(49-29-10-6-8-27(20-29)35-12-2-4-18-43-35)22-39(33)47(38(32)21-30)40-44-24-36-37(46-40)23-41-25-45-36;;/h1-18,23-25H;;/q-4;2*+2. The summed E-state index contributed by atoms with van der Waals surface area (Å²) in [7, 11) is 0. The number of hydrogen-bond donors (Lipinski definition) is 0. The number of hydrogen-bond acceptors (Lipinski definition) is 8. The summed E-state index contributed by atoms with van der Waals surface area (Å²) in [4.78, 5) is 26.8.